The number of morpholine rings is 1. The highest BCUT2D eigenvalue weighted by atomic mass is 16.5. The van der Waals surface area contributed by atoms with E-state index >= 15 is 0 Å². The summed E-state index contributed by atoms with van der Waals surface area (Å²) in [5, 5.41) is 3.04. The topological polar surface area (TPSA) is 50.8 Å². The Morgan fingerprint density at radius 3 is 2.43 bits per heavy atom. The first kappa shape index (κ1) is 20.4. The summed E-state index contributed by atoms with van der Waals surface area (Å²) in [5.41, 5.74) is 3.71. The zero-order valence-corrected chi connectivity index (χ0v) is 16.8. The second-order valence-corrected chi connectivity index (χ2v) is 7.17. The van der Waals surface area contributed by atoms with Crippen LogP contribution in [0.25, 0.3) is 0 Å². The third kappa shape index (κ3) is 5.81. The average Bonchev–Trinajstić information content (AvgIpc) is 2.74. The summed E-state index contributed by atoms with van der Waals surface area (Å²) in [7, 11) is 0. The summed E-state index contributed by atoms with van der Waals surface area (Å²) >= 11 is 0. The van der Waals surface area contributed by atoms with Crippen molar-refractivity contribution in [1.29, 1.82) is 0 Å². The molecule has 0 aliphatic carbocycles. The Bertz CT molecular complexity index is 737. The lowest BCUT2D eigenvalue weighted by atomic mass is 10.0. The summed E-state index contributed by atoms with van der Waals surface area (Å²) < 4.78 is 11.1. The van der Waals surface area contributed by atoms with Gasteiger partial charge >= 0.3 is 0 Å². The van der Waals surface area contributed by atoms with Crippen LogP contribution in [0.1, 0.15) is 29.7 Å². The number of nitrogens with zero attached hydrogens (tertiary/aromatic N) is 1. The van der Waals surface area contributed by atoms with E-state index in [4.69, 9.17) is 9.47 Å². The Kier molecular flexibility index (Phi) is 7.46. The van der Waals surface area contributed by atoms with Crippen LogP contribution in [0.5, 0.6) is 5.75 Å². The van der Waals surface area contributed by atoms with Crippen molar-refractivity contribution >= 4 is 5.91 Å². The van der Waals surface area contributed by atoms with Crippen LogP contribution in [0.3, 0.4) is 0 Å². The minimum Gasteiger partial charge on any atom is -0.484 e. The van der Waals surface area contributed by atoms with Gasteiger partial charge in [0.2, 0.25) is 0 Å². The van der Waals surface area contributed by atoms with Gasteiger partial charge in [0.05, 0.1) is 19.3 Å². The second kappa shape index (κ2) is 10.2. The van der Waals surface area contributed by atoms with Crippen LogP contribution in [0.4, 0.5) is 0 Å². The number of benzene rings is 2. The molecule has 1 amide bonds. The molecule has 0 bridgehead atoms. The Morgan fingerprint density at radius 1 is 1.11 bits per heavy atom. The molecule has 1 heterocycles. The van der Waals surface area contributed by atoms with E-state index in [1.807, 2.05) is 31.2 Å². The quantitative estimate of drug-likeness (QED) is 0.762. The van der Waals surface area contributed by atoms with Crippen LogP contribution in [0.15, 0.2) is 48.5 Å². The summed E-state index contributed by atoms with van der Waals surface area (Å²) in [6, 6.07) is 16.5. The van der Waals surface area contributed by atoms with Crippen LogP contribution in [-0.2, 0) is 16.0 Å². The fourth-order valence-electron chi connectivity index (χ4n) is 3.37. The van der Waals surface area contributed by atoms with E-state index in [1.54, 1.807) is 0 Å². The van der Waals surface area contributed by atoms with Crippen molar-refractivity contribution in [2.75, 3.05) is 39.5 Å². The monoisotopic (exact) mass is 382 g/mol. The molecule has 1 unspecified atom stereocenters. The molecular weight excluding hydrogens is 352 g/mol. The molecule has 5 nitrogen and oxygen atoms in total. The summed E-state index contributed by atoms with van der Waals surface area (Å²) in [4.78, 5) is 14.7. The molecule has 2 aromatic carbocycles. The molecule has 0 radical (unpaired) electrons. The van der Waals surface area contributed by atoms with Crippen molar-refractivity contribution in [3.63, 3.8) is 0 Å². The lowest BCUT2D eigenvalue weighted by molar-refractivity contribution is -0.123. The lowest BCUT2D eigenvalue weighted by Crippen LogP contribution is -2.44. The van der Waals surface area contributed by atoms with Gasteiger partial charge in [0, 0.05) is 19.6 Å². The Hall–Kier alpha value is -2.37. The van der Waals surface area contributed by atoms with Gasteiger partial charge in [-0.25, -0.2) is 0 Å². The third-order valence-electron chi connectivity index (χ3n) is 5.14. The van der Waals surface area contributed by atoms with Crippen molar-refractivity contribution in [3.05, 3.63) is 65.2 Å². The van der Waals surface area contributed by atoms with E-state index in [9.17, 15) is 4.79 Å². The number of ether oxygens (including phenoxy) is 2. The lowest BCUT2D eigenvalue weighted by Gasteiger charge is -2.35. The SMILES string of the molecule is CCc1ccc(C(CNC(=O)COc2ccc(C)cc2)N2CCOCC2)cc1. The zero-order valence-electron chi connectivity index (χ0n) is 16.8. The molecule has 0 aromatic heterocycles. The molecule has 3 rings (SSSR count). The second-order valence-electron chi connectivity index (χ2n) is 7.17. The normalized spacial score (nSPS) is 15.8. The predicted octanol–water partition coefficient (Wildman–Crippen LogP) is 3.13. The molecule has 5 heteroatoms. The highest BCUT2D eigenvalue weighted by Gasteiger charge is 2.23. The molecule has 2 aromatic rings. The van der Waals surface area contributed by atoms with Crippen molar-refractivity contribution < 1.29 is 14.3 Å². The van der Waals surface area contributed by atoms with Gasteiger partial charge in [-0.3, -0.25) is 9.69 Å². The molecule has 28 heavy (non-hydrogen) atoms. The van der Waals surface area contributed by atoms with Crippen LogP contribution >= 0.6 is 0 Å². The smallest absolute Gasteiger partial charge is 0.258 e. The van der Waals surface area contributed by atoms with Crippen molar-refractivity contribution in [2.45, 2.75) is 26.3 Å². The van der Waals surface area contributed by atoms with E-state index in [-0.39, 0.29) is 18.6 Å². The highest BCUT2D eigenvalue weighted by molar-refractivity contribution is 5.77. The van der Waals surface area contributed by atoms with Gasteiger partial charge in [-0.1, -0.05) is 48.9 Å². The van der Waals surface area contributed by atoms with Crippen molar-refractivity contribution in [3.8, 4) is 5.75 Å². The van der Waals surface area contributed by atoms with Crippen molar-refractivity contribution in [1.82, 2.24) is 10.2 Å². The first-order valence-corrected chi connectivity index (χ1v) is 10.0. The predicted molar refractivity (Wildman–Crippen MR) is 111 cm³/mol. The van der Waals surface area contributed by atoms with Gasteiger partial charge < -0.3 is 14.8 Å². The first-order valence-electron chi connectivity index (χ1n) is 10.0. The summed E-state index contributed by atoms with van der Waals surface area (Å²) in [6.07, 6.45) is 1.02. The number of hydrogen-bond donors (Lipinski definition) is 1. The number of aryl methyl sites for hydroxylation is 2. The van der Waals surface area contributed by atoms with Gasteiger partial charge in [0.15, 0.2) is 6.61 Å². The van der Waals surface area contributed by atoms with Crippen molar-refractivity contribution in [2.24, 2.45) is 0 Å². The largest absolute Gasteiger partial charge is 0.484 e. The molecule has 0 saturated carbocycles. The van der Waals surface area contributed by atoms with Gasteiger partial charge in [-0.05, 0) is 36.6 Å². The van der Waals surface area contributed by atoms with Gasteiger partial charge in [-0.2, -0.15) is 0 Å². The van der Waals surface area contributed by atoms with Crippen LogP contribution in [-0.4, -0.2) is 50.3 Å². The average molecular weight is 383 g/mol. The maximum atomic E-state index is 12.3. The molecular formula is C23H30N2O3. The number of carbonyl (C=O) groups is 1. The molecule has 150 valence electrons. The summed E-state index contributed by atoms with van der Waals surface area (Å²) in [6.45, 7) is 7.96. The maximum Gasteiger partial charge on any atom is 0.258 e. The number of hydrogen-bond acceptors (Lipinski definition) is 4. The first-order chi connectivity index (χ1) is 13.7. The third-order valence-corrected chi connectivity index (χ3v) is 5.14. The fourth-order valence-corrected chi connectivity index (χ4v) is 3.37. The van der Waals surface area contributed by atoms with Gasteiger partial charge in [0.25, 0.3) is 5.91 Å². The molecule has 1 fully saturated rings. The van der Waals surface area contributed by atoms with Crippen LogP contribution in [0.2, 0.25) is 0 Å². The van der Waals surface area contributed by atoms with Crippen LogP contribution < -0.4 is 10.1 Å². The zero-order chi connectivity index (χ0) is 19.8. The fraction of sp³-hybridized carbons (Fsp3) is 0.435. The molecule has 1 aliphatic rings. The Balaban J connectivity index is 1.58. The van der Waals surface area contributed by atoms with E-state index in [1.165, 1.54) is 16.7 Å². The molecule has 0 spiro atoms. The molecule has 1 aliphatic heterocycles. The Morgan fingerprint density at radius 2 is 1.79 bits per heavy atom. The van der Waals surface area contributed by atoms with E-state index in [2.05, 4.69) is 41.4 Å². The van der Waals surface area contributed by atoms with E-state index in [0.717, 1.165) is 32.7 Å². The Labute approximate surface area is 167 Å². The van der Waals surface area contributed by atoms with Gasteiger partial charge in [-0.15, -0.1) is 0 Å². The minimum atomic E-state index is -0.107. The standard InChI is InChI=1S/C23H30N2O3/c1-3-19-6-8-20(9-7-19)22(25-12-14-27-15-13-25)16-24-23(26)17-28-21-10-4-18(2)5-11-21/h4-11,22H,3,12-17H2,1-2H3,(H,24,26). The maximum absolute atomic E-state index is 12.3. The number of rotatable bonds is 8. The molecule has 1 atom stereocenters. The van der Waals surface area contributed by atoms with Crippen LogP contribution in [0, 0.1) is 6.92 Å². The summed E-state index contributed by atoms with van der Waals surface area (Å²) in [5.74, 6) is 0.602. The highest BCUT2D eigenvalue weighted by Crippen LogP contribution is 2.22. The molecule has 1 N–H and O–H groups in total. The van der Waals surface area contributed by atoms with Gasteiger partial charge in [0.1, 0.15) is 5.75 Å². The minimum absolute atomic E-state index is 0.0215. The molecule has 1 saturated heterocycles. The number of nitrogens with one attached hydrogen (secondary N) is 1. The van der Waals surface area contributed by atoms with E-state index in [0.29, 0.717) is 12.3 Å². The number of carbonyl (C=O) groups excluding carboxylic acids is 1. The number of amides is 1. The van der Waals surface area contributed by atoms with E-state index < -0.39 is 0 Å².